The molecule has 3 saturated heterocycles. The number of likely N-dealkylation sites (tertiary alicyclic amines) is 2. The van der Waals surface area contributed by atoms with Gasteiger partial charge in [0.05, 0.1) is 10.3 Å². The standard InChI is InChI=1S/C32H43N3O6S/c1-31(2,3)40-30(37)41-35-22-26(28(23-35)25-8-6-5-7-9-25)21-33-17-14-32(15-18-33)16-19-34(29(32)36)20-24-10-12-27(13-11-24)42(4,38)39/h5-13,26,28H,14-23H2,1-4H3. The molecule has 228 valence electrons. The third kappa shape index (κ3) is 7.15. The van der Waals surface area contributed by atoms with Gasteiger partial charge in [-0.05, 0) is 82.3 Å². The second kappa shape index (κ2) is 12.0. The number of benzene rings is 2. The number of sulfone groups is 1. The van der Waals surface area contributed by atoms with E-state index in [0.29, 0.717) is 24.5 Å². The van der Waals surface area contributed by atoms with Gasteiger partial charge in [0.25, 0.3) is 0 Å². The van der Waals surface area contributed by atoms with E-state index in [1.54, 1.807) is 29.3 Å². The molecule has 2 unspecified atom stereocenters. The van der Waals surface area contributed by atoms with Gasteiger partial charge in [0.15, 0.2) is 9.84 Å². The molecule has 1 spiro atoms. The van der Waals surface area contributed by atoms with Gasteiger partial charge in [-0.15, -0.1) is 5.06 Å². The van der Waals surface area contributed by atoms with Crippen molar-refractivity contribution in [2.45, 2.75) is 63.0 Å². The zero-order chi connectivity index (χ0) is 30.1. The Labute approximate surface area is 249 Å². The lowest BCUT2D eigenvalue weighted by molar-refractivity contribution is -0.139. The molecule has 0 N–H and O–H groups in total. The van der Waals surface area contributed by atoms with E-state index >= 15 is 0 Å². The molecule has 0 aromatic heterocycles. The Morgan fingerprint density at radius 1 is 0.952 bits per heavy atom. The first-order valence-corrected chi connectivity index (χ1v) is 16.7. The number of ether oxygens (including phenoxy) is 1. The summed E-state index contributed by atoms with van der Waals surface area (Å²) >= 11 is 0. The number of hydrogen-bond acceptors (Lipinski definition) is 8. The van der Waals surface area contributed by atoms with Crippen LogP contribution in [0.1, 0.15) is 57.1 Å². The molecule has 3 fully saturated rings. The van der Waals surface area contributed by atoms with Gasteiger partial charge in [0.1, 0.15) is 5.60 Å². The van der Waals surface area contributed by atoms with Crippen molar-refractivity contribution in [3.63, 3.8) is 0 Å². The van der Waals surface area contributed by atoms with Gasteiger partial charge in [-0.25, -0.2) is 13.2 Å². The zero-order valence-electron chi connectivity index (χ0n) is 25.1. The first-order chi connectivity index (χ1) is 19.8. The molecule has 0 saturated carbocycles. The van der Waals surface area contributed by atoms with Crippen molar-refractivity contribution in [2.24, 2.45) is 11.3 Å². The summed E-state index contributed by atoms with van der Waals surface area (Å²) < 4.78 is 28.9. The predicted octanol–water partition coefficient (Wildman–Crippen LogP) is 4.49. The van der Waals surface area contributed by atoms with Crippen LogP contribution in [0.5, 0.6) is 0 Å². The molecule has 0 bridgehead atoms. The molecule has 42 heavy (non-hydrogen) atoms. The normalized spacial score (nSPS) is 23.4. The van der Waals surface area contributed by atoms with Crippen LogP contribution < -0.4 is 0 Å². The molecule has 3 aliphatic rings. The molecule has 3 heterocycles. The topological polar surface area (TPSA) is 96.5 Å². The van der Waals surface area contributed by atoms with Crippen LogP contribution in [0.15, 0.2) is 59.5 Å². The summed E-state index contributed by atoms with van der Waals surface area (Å²) in [6.07, 6.45) is 3.04. The van der Waals surface area contributed by atoms with Gasteiger partial charge in [-0.3, -0.25) is 4.79 Å². The van der Waals surface area contributed by atoms with E-state index in [0.717, 1.165) is 51.0 Å². The summed E-state index contributed by atoms with van der Waals surface area (Å²) in [7, 11) is -3.24. The molecule has 5 rings (SSSR count). The number of hydroxylamine groups is 2. The number of amides is 1. The molecular weight excluding hydrogens is 554 g/mol. The Kier molecular flexibility index (Phi) is 8.70. The second-order valence-corrected chi connectivity index (χ2v) is 15.2. The van der Waals surface area contributed by atoms with Gasteiger partial charge in [-0.2, -0.15) is 0 Å². The van der Waals surface area contributed by atoms with Crippen molar-refractivity contribution in [3.05, 3.63) is 65.7 Å². The highest BCUT2D eigenvalue weighted by Gasteiger charge is 2.48. The number of piperidine rings is 1. The van der Waals surface area contributed by atoms with Crippen LogP contribution in [0.2, 0.25) is 0 Å². The van der Waals surface area contributed by atoms with E-state index in [1.165, 1.54) is 11.8 Å². The maximum atomic E-state index is 13.6. The van der Waals surface area contributed by atoms with Gasteiger partial charge in [-0.1, -0.05) is 42.5 Å². The van der Waals surface area contributed by atoms with E-state index in [9.17, 15) is 18.0 Å². The summed E-state index contributed by atoms with van der Waals surface area (Å²) in [5.74, 6) is 0.714. The molecule has 1 amide bonds. The molecule has 0 radical (unpaired) electrons. The van der Waals surface area contributed by atoms with Gasteiger partial charge in [0, 0.05) is 44.9 Å². The largest absolute Gasteiger partial charge is 0.528 e. The maximum Gasteiger partial charge on any atom is 0.528 e. The van der Waals surface area contributed by atoms with Crippen LogP contribution in [0, 0.1) is 11.3 Å². The number of carbonyl (C=O) groups excluding carboxylic acids is 2. The third-order valence-electron chi connectivity index (χ3n) is 8.86. The first-order valence-electron chi connectivity index (χ1n) is 14.8. The van der Waals surface area contributed by atoms with Crippen LogP contribution in [0.4, 0.5) is 4.79 Å². The van der Waals surface area contributed by atoms with E-state index < -0.39 is 21.6 Å². The monoisotopic (exact) mass is 597 g/mol. The Morgan fingerprint density at radius 2 is 1.60 bits per heavy atom. The fraction of sp³-hybridized carbons (Fsp3) is 0.562. The molecule has 2 aromatic rings. The van der Waals surface area contributed by atoms with Crippen molar-refractivity contribution in [3.8, 4) is 0 Å². The summed E-state index contributed by atoms with van der Waals surface area (Å²) in [6.45, 7) is 10.5. The minimum Gasteiger partial charge on any atom is -0.427 e. The van der Waals surface area contributed by atoms with Crippen molar-refractivity contribution in [1.82, 2.24) is 14.9 Å². The average Bonchev–Trinajstić information content (AvgIpc) is 3.45. The number of carbonyl (C=O) groups is 2. The fourth-order valence-electron chi connectivity index (χ4n) is 6.61. The van der Waals surface area contributed by atoms with E-state index in [2.05, 4.69) is 17.0 Å². The van der Waals surface area contributed by atoms with Crippen LogP contribution in [0.25, 0.3) is 0 Å². The molecule has 0 aliphatic carbocycles. The summed E-state index contributed by atoms with van der Waals surface area (Å²) in [4.78, 5) is 36.2. The predicted molar refractivity (Wildman–Crippen MR) is 159 cm³/mol. The van der Waals surface area contributed by atoms with Crippen molar-refractivity contribution in [2.75, 3.05) is 45.5 Å². The minimum absolute atomic E-state index is 0.217. The van der Waals surface area contributed by atoms with Crippen LogP contribution >= 0.6 is 0 Å². The molecular formula is C32H43N3O6S. The number of nitrogens with zero attached hydrogens (tertiary/aromatic N) is 3. The van der Waals surface area contributed by atoms with Gasteiger partial charge in [0.2, 0.25) is 5.91 Å². The summed E-state index contributed by atoms with van der Waals surface area (Å²) in [6, 6.07) is 17.2. The number of hydrogen-bond donors (Lipinski definition) is 0. The quantitative estimate of drug-likeness (QED) is 0.431. The zero-order valence-corrected chi connectivity index (χ0v) is 25.9. The highest BCUT2D eigenvalue weighted by atomic mass is 32.2. The van der Waals surface area contributed by atoms with Gasteiger partial charge >= 0.3 is 6.16 Å². The lowest BCUT2D eigenvalue weighted by Gasteiger charge is -2.39. The molecule has 2 aromatic carbocycles. The summed E-state index contributed by atoms with van der Waals surface area (Å²) in [5.41, 5.74) is 1.24. The lowest BCUT2D eigenvalue weighted by Crippen LogP contribution is -2.46. The fourth-order valence-corrected chi connectivity index (χ4v) is 7.24. The van der Waals surface area contributed by atoms with E-state index in [4.69, 9.17) is 9.57 Å². The summed E-state index contributed by atoms with van der Waals surface area (Å²) in [5, 5.41) is 1.74. The Balaban J connectivity index is 1.18. The van der Waals surface area contributed by atoms with Gasteiger partial charge < -0.3 is 19.4 Å². The highest BCUT2D eigenvalue weighted by Crippen LogP contribution is 2.43. The molecule has 3 aliphatic heterocycles. The van der Waals surface area contributed by atoms with Crippen LogP contribution in [-0.2, 0) is 30.8 Å². The Hall–Kier alpha value is -2.95. The number of rotatable bonds is 7. The molecule has 9 nitrogen and oxygen atoms in total. The van der Waals surface area contributed by atoms with E-state index in [1.807, 2.05) is 43.9 Å². The smallest absolute Gasteiger partial charge is 0.427 e. The van der Waals surface area contributed by atoms with Crippen molar-refractivity contribution >= 4 is 21.9 Å². The molecule has 2 atom stereocenters. The maximum absolute atomic E-state index is 13.6. The van der Waals surface area contributed by atoms with E-state index in [-0.39, 0.29) is 23.2 Å². The Morgan fingerprint density at radius 3 is 2.21 bits per heavy atom. The minimum atomic E-state index is -3.24. The molecule has 10 heteroatoms. The van der Waals surface area contributed by atoms with Crippen molar-refractivity contribution in [1.29, 1.82) is 0 Å². The van der Waals surface area contributed by atoms with Crippen LogP contribution in [-0.4, -0.2) is 86.5 Å². The van der Waals surface area contributed by atoms with Crippen LogP contribution in [0.3, 0.4) is 0 Å². The third-order valence-corrected chi connectivity index (χ3v) is 9.99. The average molecular weight is 598 g/mol. The van der Waals surface area contributed by atoms with Crippen molar-refractivity contribution < 1.29 is 27.6 Å². The highest BCUT2D eigenvalue weighted by molar-refractivity contribution is 7.90. The SMILES string of the molecule is CC(C)(C)OC(=O)ON1CC(CN2CCC3(CC2)CCN(Cc2ccc(S(C)(=O)=O)cc2)C3=O)C(c2ccccc2)C1. The Bertz CT molecular complexity index is 1370. The second-order valence-electron chi connectivity index (χ2n) is 13.2. The first kappa shape index (κ1) is 30.5. The lowest BCUT2D eigenvalue weighted by atomic mass is 9.76.